The number of hydrogen-bond acceptors (Lipinski definition) is 3. The van der Waals surface area contributed by atoms with Gasteiger partial charge in [0.05, 0.1) is 0 Å². The Morgan fingerprint density at radius 3 is 2.23 bits per heavy atom. The Morgan fingerprint density at radius 2 is 2.00 bits per heavy atom. The molecule has 3 nitrogen and oxygen atoms in total. The minimum atomic E-state index is -0.916. The summed E-state index contributed by atoms with van der Waals surface area (Å²) < 4.78 is 0. The summed E-state index contributed by atoms with van der Waals surface area (Å²) in [5, 5.41) is 8.45. The molecule has 0 fully saturated rings. The van der Waals surface area contributed by atoms with E-state index in [2.05, 4.69) is 53.2 Å². The van der Waals surface area contributed by atoms with Gasteiger partial charge in [-0.1, -0.05) is 0 Å². The molecule has 0 saturated heterocycles. The Bertz CT molecular complexity index is 152. The van der Waals surface area contributed by atoms with E-state index in [1.54, 1.807) is 0 Å². The molecule has 3 N–H and O–H groups in total. The molecule has 0 saturated carbocycles. The third-order valence-electron chi connectivity index (χ3n) is 1.23. The Labute approximate surface area is 101 Å². The zero-order valence-electron chi connectivity index (χ0n) is 7.54. The first-order chi connectivity index (χ1) is 5.83. The van der Waals surface area contributed by atoms with Crippen LogP contribution in [-0.2, 0) is 4.79 Å². The van der Waals surface area contributed by atoms with E-state index in [0.717, 1.165) is 5.75 Å². The van der Waals surface area contributed by atoms with Crippen molar-refractivity contribution < 1.29 is 9.90 Å². The fourth-order valence-electron chi connectivity index (χ4n) is 0.531. The van der Waals surface area contributed by atoms with Gasteiger partial charge in [0.2, 0.25) is 0 Å². The van der Waals surface area contributed by atoms with Crippen molar-refractivity contribution in [1.82, 2.24) is 0 Å². The van der Waals surface area contributed by atoms with Crippen molar-refractivity contribution in [2.75, 3.05) is 18.3 Å². The summed E-state index contributed by atoms with van der Waals surface area (Å²) in [6, 6.07) is -0.709. The minimum Gasteiger partial charge on any atom is -0.480 e. The molecule has 0 radical (unpaired) electrons. The fourth-order valence-corrected chi connectivity index (χ4v) is 1.91. The quantitative estimate of drug-likeness (QED) is 0.677. The highest BCUT2D eigenvalue weighted by Gasteiger charge is 2.14. The second-order valence-corrected chi connectivity index (χ2v) is 11.3. The highest BCUT2D eigenvalue weighted by atomic mass is 79.9. The Kier molecular flexibility index (Phi) is 10.7. The highest BCUT2D eigenvalue weighted by Crippen LogP contribution is 2.48. The van der Waals surface area contributed by atoms with Gasteiger partial charge in [0, 0.05) is 0 Å². The smallest absolute Gasteiger partial charge is 0.320 e. The minimum absolute atomic E-state index is 0.545. The van der Waals surface area contributed by atoms with E-state index in [-0.39, 0.29) is 0 Å². The van der Waals surface area contributed by atoms with Crippen LogP contribution in [0.25, 0.3) is 0 Å². The number of thiol groups is 1. The normalized spacial score (nSPS) is 14.0. The van der Waals surface area contributed by atoms with Crippen molar-refractivity contribution in [3.63, 3.8) is 0 Å². The number of hydrogen-bond donors (Lipinski definition) is 3. The summed E-state index contributed by atoms with van der Waals surface area (Å²) in [5.74, 6) is -0.0679. The van der Waals surface area contributed by atoms with Gasteiger partial charge in [-0.05, 0) is 54.3 Å². The molecule has 0 aliphatic rings. The van der Waals surface area contributed by atoms with Gasteiger partial charge in [-0.2, -0.15) is 8.46 Å². The summed E-state index contributed by atoms with van der Waals surface area (Å²) >= 11 is 9.46. The lowest BCUT2D eigenvalue weighted by Gasteiger charge is -2.22. The van der Waals surface area contributed by atoms with Crippen molar-refractivity contribution in [3.05, 3.63) is 0 Å². The van der Waals surface area contributed by atoms with E-state index >= 15 is 0 Å². The molecule has 0 aliphatic heterocycles. The molecule has 82 valence electrons. The molecule has 0 bridgehead atoms. The van der Waals surface area contributed by atoms with Gasteiger partial charge in [0.1, 0.15) is 6.04 Å². The van der Waals surface area contributed by atoms with Gasteiger partial charge in [0.25, 0.3) is 0 Å². The van der Waals surface area contributed by atoms with Crippen LogP contribution >= 0.6 is 49.1 Å². The third kappa shape index (κ3) is 13.1. The molecule has 0 aromatic carbocycles. The van der Waals surface area contributed by atoms with E-state index in [1.165, 1.54) is 0 Å². The Hall–Kier alpha value is 1.09. The Morgan fingerprint density at radius 1 is 1.62 bits per heavy atom. The van der Waals surface area contributed by atoms with Crippen molar-refractivity contribution in [2.45, 2.75) is 12.5 Å². The second-order valence-electron chi connectivity index (χ2n) is 2.84. The molecule has 13 heavy (non-hydrogen) atoms. The maximum Gasteiger partial charge on any atom is 0.320 e. The average molecular weight is 357 g/mol. The van der Waals surface area contributed by atoms with E-state index < -0.39 is 20.5 Å². The average Bonchev–Trinajstić information content (AvgIpc) is 2.02. The zero-order chi connectivity index (χ0) is 11.1. The summed E-state index contributed by atoms with van der Waals surface area (Å²) in [4.78, 5) is 10.3. The van der Waals surface area contributed by atoms with Crippen LogP contribution in [0.15, 0.2) is 0 Å². The van der Waals surface area contributed by atoms with Gasteiger partial charge in [-0.3, -0.25) is 4.79 Å². The van der Waals surface area contributed by atoms with Crippen LogP contribution in [0.3, 0.4) is 0 Å². The number of carboxylic acid groups (broad SMARTS) is 1. The van der Waals surface area contributed by atoms with Gasteiger partial charge in [0.15, 0.2) is 0 Å². The molecule has 0 aromatic heterocycles. The van der Waals surface area contributed by atoms with Crippen molar-refractivity contribution in [3.8, 4) is 0 Å². The fraction of sp³-hybridized carbons (Fsp3) is 0.833. The van der Waals surface area contributed by atoms with Crippen LogP contribution in [-0.4, -0.2) is 35.4 Å². The lowest BCUT2D eigenvalue weighted by Crippen LogP contribution is -2.31. The van der Waals surface area contributed by atoms with Crippen LogP contribution in [0, 0.1) is 0 Å². The first-order valence-electron chi connectivity index (χ1n) is 3.39. The van der Waals surface area contributed by atoms with E-state index in [0.29, 0.717) is 6.42 Å². The standard InChI is InChI=1S/C6H14BrNO2S.BrHS/c1-11(2,7)4-3-5(8)6(9)10;1-2/h5H,3-4,8H2,1-2H3,(H,9,10);2H/t5-;/m0./s1. The summed E-state index contributed by atoms with van der Waals surface area (Å²) in [5.41, 5.74) is 5.32. The molecular formula is C6H15Br2NO2S2. The van der Waals surface area contributed by atoms with E-state index in [4.69, 9.17) is 10.8 Å². The number of rotatable bonds is 4. The van der Waals surface area contributed by atoms with E-state index in [1.807, 2.05) is 0 Å². The van der Waals surface area contributed by atoms with Crippen LogP contribution in [0.4, 0.5) is 0 Å². The SMILES string of the molecule is CS(C)(Br)CC[C@H](N)C(=O)O.SBr. The summed E-state index contributed by atoms with van der Waals surface area (Å²) in [6.07, 6.45) is 4.69. The van der Waals surface area contributed by atoms with Gasteiger partial charge in [-0.15, -0.1) is 11.1 Å². The van der Waals surface area contributed by atoms with Gasteiger partial charge < -0.3 is 10.8 Å². The van der Waals surface area contributed by atoms with Crippen LogP contribution in [0.5, 0.6) is 0 Å². The number of halogens is 2. The molecule has 1 atom stereocenters. The van der Waals surface area contributed by atoms with Crippen molar-refractivity contribution in [1.29, 1.82) is 0 Å². The molecule has 0 rings (SSSR count). The molecule has 0 aromatic rings. The second kappa shape index (κ2) is 8.40. The van der Waals surface area contributed by atoms with Crippen LogP contribution in [0.2, 0.25) is 0 Å². The third-order valence-corrected chi connectivity index (χ3v) is 3.41. The molecule has 0 heterocycles. The van der Waals surface area contributed by atoms with E-state index in [9.17, 15) is 4.79 Å². The largest absolute Gasteiger partial charge is 0.480 e. The molecular weight excluding hydrogens is 342 g/mol. The van der Waals surface area contributed by atoms with Crippen molar-refractivity contribution >= 4 is 55.1 Å². The molecule has 0 aliphatic carbocycles. The summed E-state index contributed by atoms with van der Waals surface area (Å²) in [7, 11) is -0.784. The van der Waals surface area contributed by atoms with Crippen LogP contribution < -0.4 is 5.73 Å². The molecule has 0 unspecified atom stereocenters. The van der Waals surface area contributed by atoms with Gasteiger partial charge in [-0.25, -0.2) is 0 Å². The molecule has 0 spiro atoms. The lowest BCUT2D eigenvalue weighted by atomic mass is 10.2. The predicted octanol–water partition coefficient (Wildman–Crippen LogP) is 2.39. The predicted molar refractivity (Wildman–Crippen MR) is 71.4 cm³/mol. The number of aliphatic carboxylic acids is 1. The highest BCUT2D eigenvalue weighted by molar-refractivity contribution is 9.58. The number of nitrogens with two attached hydrogens (primary N) is 1. The van der Waals surface area contributed by atoms with Crippen LogP contribution in [0.1, 0.15) is 6.42 Å². The number of carbonyl (C=O) groups is 1. The maximum atomic E-state index is 10.3. The topological polar surface area (TPSA) is 63.3 Å². The monoisotopic (exact) mass is 355 g/mol. The number of carboxylic acids is 1. The van der Waals surface area contributed by atoms with Gasteiger partial charge >= 0.3 is 5.97 Å². The lowest BCUT2D eigenvalue weighted by molar-refractivity contribution is -0.138. The van der Waals surface area contributed by atoms with Crippen molar-refractivity contribution in [2.24, 2.45) is 5.73 Å². The first kappa shape index (κ1) is 16.5. The molecule has 7 heteroatoms. The first-order valence-corrected chi connectivity index (χ1v) is 10.3. The Balaban J connectivity index is 0. The summed E-state index contributed by atoms with van der Waals surface area (Å²) in [6.45, 7) is 0. The maximum absolute atomic E-state index is 10.3. The molecule has 0 amide bonds. The zero-order valence-corrected chi connectivity index (χ0v) is 12.4.